The van der Waals surface area contributed by atoms with Crippen molar-refractivity contribution in [2.24, 2.45) is 16.7 Å². The molecule has 3 aliphatic heterocycles. The number of carbonyl (C=O) groups excluding carboxylic acids is 5. The van der Waals surface area contributed by atoms with E-state index in [-0.39, 0.29) is 31.9 Å². The van der Waals surface area contributed by atoms with E-state index in [1.165, 1.54) is 4.90 Å². The van der Waals surface area contributed by atoms with Gasteiger partial charge in [-0.15, -0.1) is 0 Å². The number of hydrogen-bond donors (Lipinski definition) is 2. The normalized spacial score (nSPS) is 28.7. The minimum absolute atomic E-state index is 0.0123. The molecule has 0 spiro atoms. The van der Waals surface area contributed by atoms with Crippen molar-refractivity contribution < 1.29 is 46.6 Å². The van der Waals surface area contributed by atoms with E-state index in [9.17, 15) is 32.4 Å². The van der Waals surface area contributed by atoms with Gasteiger partial charge in [0.15, 0.2) is 5.78 Å². The van der Waals surface area contributed by atoms with E-state index in [2.05, 4.69) is 10.0 Å². The molecule has 298 valence electrons. The van der Waals surface area contributed by atoms with E-state index in [1.54, 1.807) is 25.7 Å². The molecule has 1 aromatic rings. The second kappa shape index (κ2) is 16.1. The largest absolute Gasteiger partial charge is 0.493 e. The number of rotatable bonds is 7. The molecular formula is C39H56N4O10S. The van der Waals surface area contributed by atoms with Crippen LogP contribution in [0, 0.1) is 16.7 Å². The maximum Gasteiger partial charge on any atom is 0.410 e. The van der Waals surface area contributed by atoms with Gasteiger partial charge in [0.05, 0.1) is 43.0 Å². The van der Waals surface area contributed by atoms with Crippen LogP contribution < -0.4 is 14.8 Å². The lowest BCUT2D eigenvalue weighted by molar-refractivity contribution is -0.142. The van der Waals surface area contributed by atoms with Gasteiger partial charge >= 0.3 is 12.2 Å². The molecule has 2 aliphatic carbocycles. The number of cyclic esters (lactones) is 1. The number of ketones is 1. The van der Waals surface area contributed by atoms with Crippen molar-refractivity contribution >= 4 is 39.8 Å². The molecule has 5 atom stereocenters. The van der Waals surface area contributed by atoms with Gasteiger partial charge in [0.1, 0.15) is 17.9 Å². The minimum atomic E-state index is -3.84. The van der Waals surface area contributed by atoms with Crippen molar-refractivity contribution in [3.8, 4) is 5.75 Å². The smallest absolute Gasteiger partial charge is 0.410 e. The zero-order valence-electron chi connectivity index (χ0n) is 32.0. The maximum atomic E-state index is 14.5. The fraction of sp³-hybridized carbons (Fsp3) is 0.718. The predicted molar refractivity (Wildman–Crippen MR) is 198 cm³/mol. The Balaban J connectivity index is 1.24. The lowest BCUT2D eigenvalue weighted by atomic mass is 9.85. The molecular weight excluding hydrogens is 717 g/mol. The Bertz CT molecular complexity index is 1720. The molecule has 2 saturated carbocycles. The average Bonchev–Trinajstić information content (AvgIpc) is 4.00. The van der Waals surface area contributed by atoms with Gasteiger partial charge in [0.25, 0.3) is 0 Å². The molecule has 14 nitrogen and oxygen atoms in total. The van der Waals surface area contributed by atoms with Crippen LogP contribution in [-0.2, 0) is 47.0 Å². The Morgan fingerprint density at radius 1 is 0.981 bits per heavy atom. The molecule has 3 fully saturated rings. The second-order valence-electron chi connectivity index (χ2n) is 16.8. The van der Waals surface area contributed by atoms with E-state index in [0.717, 1.165) is 49.0 Å². The van der Waals surface area contributed by atoms with Gasteiger partial charge in [-0.2, -0.15) is 0 Å². The first-order valence-electron chi connectivity index (χ1n) is 19.6. The fourth-order valence-corrected chi connectivity index (χ4v) is 9.53. The van der Waals surface area contributed by atoms with Crippen LogP contribution in [-0.4, -0.2) is 91.2 Å². The lowest BCUT2D eigenvalue weighted by Crippen LogP contribution is -2.57. The van der Waals surface area contributed by atoms with Crippen molar-refractivity contribution in [1.29, 1.82) is 0 Å². The third-order valence-corrected chi connectivity index (χ3v) is 13.5. The van der Waals surface area contributed by atoms with Crippen LogP contribution in [0.5, 0.6) is 5.75 Å². The molecule has 1 aromatic carbocycles. The summed E-state index contributed by atoms with van der Waals surface area (Å²) in [4.78, 5) is 72.0. The highest BCUT2D eigenvalue weighted by atomic mass is 32.2. The Kier molecular flexibility index (Phi) is 11.8. The standard InChI is InChI=1S/C39H56N4O10S/c1-5-26-20-39(26,35(46)41-54(49,50)28-15-16-28)21-31(44)30-19-27-23-43(30)34(45)33(38(2,3)4)40-36(47)52-18-11-9-7-6-8-10-17-51-32-14-12-13-25-22-42(24-29(25)32)37(48)53-27/h12-14,26-28,30,33H,5-11,15-24H2,1-4H3,(H,40,47)(H,41,46)/t26-,27+,30?,33+,39-/m0/s1. The molecule has 3 heterocycles. The molecule has 1 unspecified atom stereocenters. The summed E-state index contributed by atoms with van der Waals surface area (Å²) in [5, 5.41) is 2.14. The zero-order valence-corrected chi connectivity index (χ0v) is 32.8. The topological polar surface area (TPSA) is 178 Å². The van der Waals surface area contributed by atoms with E-state index in [0.29, 0.717) is 51.8 Å². The molecule has 5 aliphatic rings. The number of carbonyl (C=O) groups is 5. The maximum absolute atomic E-state index is 14.5. The number of ether oxygens (including phenoxy) is 3. The van der Waals surface area contributed by atoms with Crippen LogP contribution in [0.25, 0.3) is 0 Å². The van der Waals surface area contributed by atoms with Gasteiger partial charge in [-0.1, -0.05) is 71.9 Å². The monoisotopic (exact) mass is 772 g/mol. The predicted octanol–water partition coefficient (Wildman–Crippen LogP) is 4.97. The molecule has 0 radical (unpaired) electrons. The highest BCUT2D eigenvalue weighted by Gasteiger charge is 2.62. The highest BCUT2D eigenvalue weighted by Crippen LogP contribution is 2.58. The number of nitrogens with one attached hydrogen (secondary N) is 2. The molecule has 6 rings (SSSR count). The van der Waals surface area contributed by atoms with E-state index >= 15 is 0 Å². The Labute approximate surface area is 318 Å². The highest BCUT2D eigenvalue weighted by molar-refractivity contribution is 7.90. The van der Waals surface area contributed by atoms with Crippen LogP contribution in [0.4, 0.5) is 9.59 Å². The summed E-state index contributed by atoms with van der Waals surface area (Å²) >= 11 is 0. The summed E-state index contributed by atoms with van der Waals surface area (Å²) in [5.74, 6) is -1.12. The number of sulfonamides is 1. The molecule has 4 amide bonds. The summed E-state index contributed by atoms with van der Waals surface area (Å²) in [6.07, 6.45) is 4.86. The van der Waals surface area contributed by atoms with Crippen molar-refractivity contribution in [3.63, 3.8) is 0 Å². The Morgan fingerprint density at radius 2 is 1.67 bits per heavy atom. The molecule has 54 heavy (non-hydrogen) atoms. The van der Waals surface area contributed by atoms with Crippen molar-refractivity contribution in [2.75, 3.05) is 19.8 Å². The molecule has 15 heteroatoms. The average molecular weight is 773 g/mol. The third kappa shape index (κ3) is 8.97. The number of hydrogen-bond acceptors (Lipinski definition) is 10. The summed E-state index contributed by atoms with van der Waals surface area (Å²) in [7, 11) is -3.84. The van der Waals surface area contributed by atoms with Crippen LogP contribution in [0.2, 0.25) is 0 Å². The number of fused-ring (bicyclic) bond motifs is 3. The third-order valence-electron chi connectivity index (χ3n) is 11.7. The van der Waals surface area contributed by atoms with E-state index in [4.69, 9.17) is 14.2 Å². The van der Waals surface area contributed by atoms with Gasteiger partial charge in [-0.3, -0.25) is 24.0 Å². The molecule has 0 aromatic heterocycles. The first kappa shape index (κ1) is 39.8. The van der Waals surface area contributed by atoms with Crippen molar-refractivity contribution in [2.45, 2.75) is 141 Å². The summed E-state index contributed by atoms with van der Waals surface area (Å²) in [6, 6.07) is 3.60. The molecule has 4 bridgehead atoms. The van der Waals surface area contributed by atoms with Crippen LogP contribution in [0.15, 0.2) is 18.2 Å². The fourth-order valence-electron chi connectivity index (χ4n) is 8.15. The number of nitrogens with zero attached hydrogens (tertiary/aromatic N) is 2. The number of benzene rings is 1. The van der Waals surface area contributed by atoms with Crippen LogP contribution in [0.3, 0.4) is 0 Å². The number of Topliss-reactive ketones (excluding diaryl/α,β-unsaturated/α-hetero) is 1. The minimum Gasteiger partial charge on any atom is -0.493 e. The quantitative estimate of drug-likeness (QED) is 0.385. The Hall–Kier alpha value is -3.88. The summed E-state index contributed by atoms with van der Waals surface area (Å²) < 4.78 is 45.3. The SMILES string of the molecule is CC[C@H]1C[C@@]1(CC(=O)C1C[C@@H]2CN1C(=O)[C@H](C(C)(C)C)NC(=O)OCCCCCCCCOc1cccc3c1CN(C3)C(=O)O2)C(=O)NS(=O)(=O)C1CC1. The van der Waals surface area contributed by atoms with Crippen molar-refractivity contribution in [1.82, 2.24) is 19.8 Å². The van der Waals surface area contributed by atoms with Gasteiger partial charge in [0, 0.05) is 24.9 Å². The first-order chi connectivity index (χ1) is 25.6. The Morgan fingerprint density at radius 3 is 2.31 bits per heavy atom. The number of alkyl carbamates (subject to hydrolysis) is 1. The van der Waals surface area contributed by atoms with E-state index in [1.807, 2.05) is 25.1 Å². The van der Waals surface area contributed by atoms with Gasteiger partial charge < -0.3 is 24.4 Å². The van der Waals surface area contributed by atoms with Crippen molar-refractivity contribution in [3.05, 3.63) is 29.3 Å². The molecule has 1 saturated heterocycles. The second-order valence-corrected chi connectivity index (χ2v) is 18.8. The van der Waals surface area contributed by atoms with Gasteiger partial charge in [-0.05, 0) is 55.1 Å². The lowest BCUT2D eigenvalue weighted by Gasteiger charge is -2.35. The first-order valence-corrected chi connectivity index (χ1v) is 21.2. The summed E-state index contributed by atoms with van der Waals surface area (Å²) in [6.45, 7) is 8.53. The van der Waals surface area contributed by atoms with Crippen LogP contribution >= 0.6 is 0 Å². The summed E-state index contributed by atoms with van der Waals surface area (Å²) in [5.41, 5.74) is -0.128. The van der Waals surface area contributed by atoms with Crippen LogP contribution in [0.1, 0.15) is 116 Å². The molecule has 2 N–H and O–H groups in total. The van der Waals surface area contributed by atoms with Gasteiger partial charge in [0.2, 0.25) is 21.8 Å². The van der Waals surface area contributed by atoms with Gasteiger partial charge in [-0.25, -0.2) is 18.0 Å². The van der Waals surface area contributed by atoms with E-state index < -0.39 is 74.1 Å². The number of amides is 4. The zero-order chi connectivity index (χ0) is 38.8.